The topological polar surface area (TPSA) is 79.9 Å². The Morgan fingerprint density at radius 3 is 2.57 bits per heavy atom. The van der Waals surface area contributed by atoms with E-state index in [0.29, 0.717) is 24.3 Å². The molecular weight excluding hydrogens is 376 g/mol. The van der Waals surface area contributed by atoms with Gasteiger partial charge in [0.25, 0.3) is 5.91 Å². The highest BCUT2D eigenvalue weighted by atomic mass is 16.5. The first-order valence-corrected chi connectivity index (χ1v) is 9.80. The van der Waals surface area contributed by atoms with E-state index < -0.39 is 0 Å². The lowest BCUT2D eigenvalue weighted by Crippen LogP contribution is -2.25. The second-order valence-electron chi connectivity index (χ2n) is 6.77. The summed E-state index contributed by atoms with van der Waals surface area (Å²) in [4.78, 5) is 12.3. The second kappa shape index (κ2) is 10.1. The highest BCUT2D eigenvalue weighted by molar-refractivity contribution is 6.02. The molecule has 0 saturated heterocycles. The van der Waals surface area contributed by atoms with Crippen LogP contribution in [-0.2, 0) is 11.3 Å². The van der Waals surface area contributed by atoms with Crippen molar-refractivity contribution < 1.29 is 9.53 Å². The van der Waals surface area contributed by atoms with Crippen molar-refractivity contribution in [2.24, 2.45) is 0 Å². The Morgan fingerprint density at radius 2 is 1.93 bits per heavy atom. The first-order valence-electron chi connectivity index (χ1n) is 9.80. The second-order valence-corrected chi connectivity index (χ2v) is 6.77. The van der Waals surface area contributed by atoms with Gasteiger partial charge in [0, 0.05) is 23.9 Å². The molecule has 6 nitrogen and oxygen atoms in total. The molecule has 2 aromatic carbocycles. The fraction of sp³-hybridized carbons (Fsp3) is 0.208. The quantitative estimate of drug-likeness (QED) is 0.457. The van der Waals surface area contributed by atoms with Gasteiger partial charge in [0.05, 0.1) is 19.3 Å². The fourth-order valence-electron chi connectivity index (χ4n) is 3.00. The Kier molecular flexibility index (Phi) is 7.01. The van der Waals surface area contributed by atoms with E-state index in [4.69, 9.17) is 9.84 Å². The smallest absolute Gasteiger partial charge is 0.261 e. The van der Waals surface area contributed by atoms with Crippen LogP contribution in [0.4, 0.5) is 0 Å². The molecule has 0 spiro atoms. The van der Waals surface area contributed by atoms with Crippen molar-refractivity contribution in [2.45, 2.75) is 19.9 Å². The van der Waals surface area contributed by atoms with Crippen molar-refractivity contribution >= 4 is 12.0 Å². The van der Waals surface area contributed by atoms with Gasteiger partial charge in [0.1, 0.15) is 17.4 Å². The van der Waals surface area contributed by atoms with Gasteiger partial charge < -0.3 is 10.1 Å². The number of hydrogen-bond acceptors (Lipinski definition) is 4. The van der Waals surface area contributed by atoms with E-state index in [0.717, 1.165) is 23.3 Å². The minimum atomic E-state index is -0.379. The Labute approximate surface area is 176 Å². The third kappa shape index (κ3) is 5.15. The van der Waals surface area contributed by atoms with Gasteiger partial charge in [0.15, 0.2) is 0 Å². The predicted octanol–water partition coefficient (Wildman–Crippen LogP) is 4.04. The maximum atomic E-state index is 12.3. The van der Waals surface area contributed by atoms with E-state index in [1.807, 2.05) is 78.5 Å². The van der Waals surface area contributed by atoms with E-state index in [2.05, 4.69) is 5.32 Å². The lowest BCUT2D eigenvalue weighted by atomic mass is 10.1. The molecule has 0 radical (unpaired) electrons. The molecule has 0 aliphatic carbocycles. The van der Waals surface area contributed by atoms with E-state index in [1.165, 1.54) is 0 Å². The first-order chi connectivity index (χ1) is 14.6. The average molecular weight is 400 g/mol. The van der Waals surface area contributed by atoms with E-state index in [1.54, 1.807) is 13.2 Å². The van der Waals surface area contributed by atoms with Crippen LogP contribution in [0.2, 0.25) is 0 Å². The molecule has 1 heterocycles. The Balaban J connectivity index is 2.01. The number of nitrogens with zero attached hydrogens (tertiary/aromatic N) is 3. The molecule has 1 amide bonds. The minimum absolute atomic E-state index is 0.0532. The summed E-state index contributed by atoms with van der Waals surface area (Å²) in [5.41, 5.74) is 3.44. The van der Waals surface area contributed by atoms with E-state index in [-0.39, 0.29) is 11.5 Å². The third-order valence-corrected chi connectivity index (χ3v) is 4.54. The van der Waals surface area contributed by atoms with Crippen molar-refractivity contribution in [1.82, 2.24) is 15.1 Å². The Morgan fingerprint density at radius 1 is 1.20 bits per heavy atom. The summed E-state index contributed by atoms with van der Waals surface area (Å²) >= 11 is 0. The number of hydrogen-bond donors (Lipinski definition) is 1. The number of amides is 1. The number of nitriles is 1. The molecular formula is C24H24N4O2. The van der Waals surface area contributed by atoms with Gasteiger partial charge >= 0.3 is 0 Å². The molecule has 0 fully saturated rings. The van der Waals surface area contributed by atoms with Gasteiger partial charge in [-0.1, -0.05) is 37.3 Å². The molecule has 3 aromatic rings. The van der Waals surface area contributed by atoms with E-state index in [9.17, 15) is 10.1 Å². The van der Waals surface area contributed by atoms with Crippen molar-refractivity contribution in [3.63, 3.8) is 0 Å². The number of rotatable bonds is 8. The average Bonchev–Trinajstić information content (AvgIpc) is 3.18. The van der Waals surface area contributed by atoms with Crippen LogP contribution in [0.5, 0.6) is 5.75 Å². The van der Waals surface area contributed by atoms with Crippen LogP contribution in [-0.4, -0.2) is 29.3 Å². The molecule has 0 unspecified atom stereocenters. The predicted molar refractivity (Wildman–Crippen MR) is 117 cm³/mol. The largest absolute Gasteiger partial charge is 0.497 e. The molecule has 0 atom stereocenters. The van der Waals surface area contributed by atoms with Gasteiger partial charge in [-0.15, -0.1) is 0 Å². The van der Waals surface area contributed by atoms with Crippen molar-refractivity contribution in [1.29, 1.82) is 5.26 Å². The van der Waals surface area contributed by atoms with Crippen LogP contribution in [0.15, 0.2) is 66.4 Å². The fourth-order valence-corrected chi connectivity index (χ4v) is 3.00. The number of aromatic nitrogens is 2. The molecule has 1 N–H and O–H groups in total. The van der Waals surface area contributed by atoms with Gasteiger partial charge in [-0.2, -0.15) is 10.4 Å². The summed E-state index contributed by atoms with van der Waals surface area (Å²) in [7, 11) is 1.62. The zero-order valence-corrected chi connectivity index (χ0v) is 17.1. The zero-order valence-electron chi connectivity index (χ0n) is 17.1. The number of ether oxygens (including phenoxy) is 1. The van der Waals surface area contributed by atoms with Gasteiger partial charge in [-0.25, -0.2) is 0 Å². The first kappa shape index (κ1) is 20.9. The number of carbonyl (C=O) groups excluding carboxylic acids is 1. The normalized spacial score (nSPS) is 11.0. The maximum absolute atomic E-state index is 12.3. The van der Waals surface area contributed by atoms with Crippen LogP contribution >= 0.6 is 0 Å². The van der Waals surface area contributed by atoms with Crippen LogP contribution in [0, 0.1) is 11.3 Å². The van der Waals surface area contributed by atoms with Crippen LogP contribution in [0.3, 0.4) is 0 Å². The van der Waals surface area contributed by atoms with Crippen molar-refractivity contribution in [2.75, 3.05) is 13.7 Å². The van der Waals surface area contributed by atoms with Crippen LogP contribution in [0.25, 0.3) is 17.3 Å². The molecule has 0 aliphatic rings. The minimum Gasteiger partial charge on any atom is -0.497 e. The molecule has 152 valence electrons. The maximum Gasteiger partial charge on any atom is 0.261 e. The lowest BCUT2D eigenvalue weighted by molar-refractivity contribution is -0.117. The zero-order chi connectivity index (χ0) is 21.3. The summed E-state index contributed by atoms with van der Waals surface area (Å²) in [5.74, 6) is 0.368. The molecule has 6 heteroatoms. The monoisotopic (exact) mass is 400 g/mol. The summed E-state index contributed by atoms with van der Waals surface area (Å²) in [6.07, 6.45) is 4.26. The highest BCUT2D eigenvalue weighted by Gasteiger charge is 2.14. The van der Waals surface area contributed by atoms with Crippen molar-refractivity contribution in [3.05, 3.63) is 77.5 Å². The summed E-state index contributed by atoms with van der Waals surface area (Å²) < 4.78 is 7.06. The highest BCUT2D eigenvalue weighted by Crippen LogP contribution is 2.26. The SMILES string of the molecule is CCCNC(=O)/C(C#N)=C/c1cn(Cc2ccccc2)nc1-c1ccc(OC)cc1. The molecule has 0 saturated carbocycles. The Hall–Kier alpha value is -3.85. The number of nitrogens with one attached hydrogen (secondary N) is 1. The third-order valence-electron chi connectivity index (χ3n) is 4.54. The molecule has 1 aromatic heterocycles. The van der Waals surface area contributed by atoms with E-state index >= 15 is 0 Å². The lowest BCUT2D eigenvalue weighted by Gasteiger charge is -2.04. The summed E-state index contributed by atoms with van der Waals surface area (Å²) in [6, 6.07) is 19.5. The van der Waals surface area contributed by atoms with Crippen LogP contribution < -0.4 is 10.1 Å². The molecule has 30 heavy (non-hydrogen) atoms. The van der Waals surface area contributed by atoms with Gasteiger partial charge in [0.2, 0.25) is 0 Å². The Bertz CT molecular complexity index is 1060. The number of benzene rings is 2. The van der Waals surface area contributed by atoms with Crippen molar-refractivity contribution in [3.8, 4) is 23.1 Å². The summed E-state index contributed by atoms with van der Waals surface area (Å²) in [6.45, 7) is 3.07. The molecule has 0 bridgehead atoms. The van der Waals surface area contributed by atoms with Crippen LogP contribution in [0.1, 0.15) is 24.5 Å². The summed E-state index contributed by atoms with van der Waals surface area (Å²) in [5, 5.41) is 17.0. The van der Waals surface area contributed by atoms with Gasteiger partial charge in [-0.3, -0.25) is 9.48 Å². The van der Waals surface area contributed by atoms with Gasteiger partial charge in [-0.05, 0) is 42.3 Å². The molecule has 3 rings (SSSR count). The molecule has 0 aliphatic heterocycles. The standard InChI is InChI=1S/C24H24N4O2/c1-3-13-26-24(29)20(15-25)14-21-17-28(16-18-7-5-4-6-8-18)27-23(21)19-9-11-22(30-2)12-10-19/h4-12,14,17H,3,13,16H2,1-2H3,(H,26,29)/b20-14+. The number of carbonyl (C=O) groups is 1. The number of methoxy groups -OCH3 is 1.